The second-order valence-corrected chi connectivity index (χ2v) is 12.4. The molecule has 0 spiro atoms. The average molecular weight is 545 g/mol. The zero-order chi connectivity index (χ0) is 26.0. The number of nitrogens with one attached hydrogen (secondary N) is 2. The van der Waals surface area contributed by atoms with Gasteiger partial charge in [-0.3, -0.25) is 9.59 Å². The maximum absolute atomic E-state index is 15.2. The monoisotopic (exact) mass is 544 g/mol. The van der Waals surface area contributed by atoms with Crippen LogP contribution < -0.4 is 10.6 Å². The molecular weight excluding hydrogens is 511 g/mol. The minimum atomic E-state index is -3.81. The molecule has 9 nitrogen and oxygen atoms in total. The van der Waals surface area contributed by atoms with Crippen molar-refractivity contribution in [3.05, 3.63) is 28.3 Å². The van der Waals surface area contributed by atoms with Crippen molar-refractivity contribution < 1.29 is 27.5 Å². The number of hydrogen-bond donors (Lipinski definition) is 3. The zero-order valence-corrected chi connectivity index (χ0v) is 22.0. The minimum Gasteiger partial charge on any atom is -0.396 e. The quantitative estimate of drug-likeness (QED) is 0.431. The minimum absolute atomic E-state index is 0.0273. The van der Waals surface area contributed by atoms with E-state index < -0.39 is 34.3 Å². The summed E-state index contributed by atoms with van der Waals surface area (Å²) in [5, 5.41) is 14.6. The van der Waals surface area contributed by atoms with Crippen LogP contribution in [0.5, 0.6) is 0 Å². The lowest BCUT2D eigenvalue weighted by molar-refractivity contribution is -0.115. The van der Waals surface area contributed by atoms with Crippen molar-refractivity contribution in [2.75, 3.05) is 37.3 Å². The largest absolute Gasteiger partial charge is 0.396 e. The molecule has 2 fully saturated rings. The number of carbonyl (C=O) groups excluding carboxylic acids is 2. The lowest BCUT2D eigenvalue weighted by atomic mass is 9.98. The van der Waals surface area contributed by atoms with Gasteiger partial charge in [0.25, 0.3) is 5.91 Å². The van der Waals surface area contributed by atoms with E-state index in [1.54, 1.807) is 13.0 Å². The molecule has 0 saturated carbocycles. The Hall–Kier alpha value is -1.79. The highest BCUT2D eigenvalue weighted by molar-refractivity contribution is 7.89. The summed E-state index contributed by atoms with van der Waals surface area (Å²) in [5.74, 6) is -0.759. The van der Waals surface area contributed by atoms with Crippen LogP contribution in [-0.2, 0) is 21.2 Å². The van der Waals surface area contributed by atoms with E-state index in [4.69, 9.17) is 16.7 Å². The summed E-state index contributed by atoms with van der Waals surface area (Å²) in [6.07, 6.45) is 0.729. The Balaban J connectivity index is 1.34. The Kier molecular flexibility index (Phi) is 8.56. The summed E-state index contributed by atoms with van der Waals surface area (Å²) in [7, 11) is -3.81. The van der Waals surface area contributed by atoms with E-state index >= 15 is 4.39 Å². The SMILES string of the molecule is C[C@H]1C[C@@H](NC(=O)c2cc3c(cc2Cl)NC(=O)C3)C[C@@H](F)N1S(=O)(=O)CC1CCN(CCCO)CC1. The zero-order valence-electron chi connectivity index (χ0n) is 20.4. The summed E-state index contributed by atoms with van der Waals surface area (Å²) in [6.45, 7) is 4.15. The van der Waals surface area contributed by atoms with Crippen molar-refractivity contribution in [1.29, 1.82) is 0 Å². The van der Waals surface area contributed by atoms with E-state index in [9.17, 15) is 18.0 Å². The maximum Gasteiger partial charge on any atom is 0.253 e. The average Bonchev–Trinajstić information content (AvgIpc) is 3.15. The number of rotatable bonds is 8. The second kappa shape index (κ2) is 11.3. The third kappa shape index (κ3) is 6.19. The number of carbonyl (C=O) groups is 2. The Morgan fingerprint density at radius 1 is 1.28 bits per heavy atom. The van der Waals surface area contributed by atoms with Crippen LogP contribution in [0, 0.1) is 5.92 Å². The topological polar surface area (TPSA) is 119 Å². The van der Waals surface area contributed by atoms with Gasteiger partial charge < -0.3 is 20.6 Å². The molecule has 36 heavy (non-hydrogen) atoms. The number of benzene rings is 1. The number of halogens is 2. The smallest absolute Gasteiger partial charge is 0.253 e. The van der Waals surface area contributed by atoms with Crippen LogP contribution in [0.4, 0.5) is 10.1 Å². The number of sulfonamides is 1. The summed E-state index contributed by atoms with van der Waals surface area (Å²) in [6, 6.07) is 1.94. The Morgan fingerprint density at radius 3 is 2.67 bits per heavy atom. The number of hydrogen-bond acceptors (Lipinski definition) is 6. The number of piperidine rings is 2. The summed E-state index contributed by atoms with van der Waals surface area (Å²) in [4.78, 5) is 26.7. The van der Waals surface area contributed by atoms with Gasteiger partial charge in [0.15, 0.2) is 6.30 Å². The van der Waals surface area contributed by atoms with Gasteiger partial charge in [-0.15, -0.1) is 0 Å². The highest BCUT2D eigenvalue weighted by atomic mass is 35.5. The molecule has 0 radical (unpaired) electrons. The van der Waals surface area contributed by atoms with Gasteiger partial charge in [0, 0.05) is 37.3 Å². The molecule has 0 aliphatic carbocycles. The van der Waals surface area contributed by atoms with Crippen LogP contribution in [-0.4, -0.2) is 84.9 Å². The van der Waals surface area contributed by atoms with Gasteiger partial charge in [-0.25, -0.2) is 12.8 Å². The fourth-order valence-electron chi connectivity index (χ4n) is 5.53. The molecule has 0 aromatic heterocycles. The number of anilines is 1. The normalized spacial score (nSPS) is 26.0. The highest BCUT2D eigenvalue weighted by Gasteiger charge is 2.42. The first-order valence-corrected chi connectivity index (χ1v) is 14.5. The van der Waals surface area contributed by atoms with Crippen LogP contribution in [0.15, 0.2) is 12.1 Å². The van der Waals surface area contributed by atoms with Crippen LogP contribution in [0.25, 0.3) is 0 Å². The Morgan fingerprint density at radius 2 is 2.00 bits per heavy atom. The molecule has 1 aromatic carbocycles. The first-order chi connectivity index (χ1) is 17.1. The van der Waals surface area contributed by atoms with Crippen LogP contribution in [0.3, 0.4) is 0 Å². The van der Waals surface area contributed by atoms with E-state index in [0.717, 1.165) is 36.8 Å². The van der Waals surface area contributed by atoms with Gasteiger partial charge in [0.1, 0.15) is 0 Å². The first-order valence-electron chi connectivity index (χ1n) is 12.5. The molecule has 2 saturated heterocycles. The molecule has 3 heterocycles. The number of aliphatic hydroxyl groups excluding tert-OH is 1. The van der Waals surface area contributed by atoms with Crippen LogP contribution in [0.2, 0.25) is 5.02 Å². The molecule has 0 bridgehead atoms. The van der Waals surface area contributed by atoms with Crippen molar-refractivity contribution in [3.8, 4) is 0 Å². The molecule has 12 heteroatoms. The van der Waals surface area contributed by atoms with E-state index in [1.165, 1.54) is 6.07 Å². The molecule has 3 aliphatic heterocycles. The number of likely N-dealkylation sites (tertiary alicyclic amines) is 1. The van der Waals surface area contributed by atoms with E-state index in [1.807, 2.05) is 0 Å². The van der Waals surface area contributed by atoms with Crippen molar-refractivity contribution in [1.82, 2.24) is 14.5 Å². The highest BCUT2D eigenvalue weighted by Crippen LogP contribution is 2.32. The van der Waals surface area contributed by atoms with Crippen LogP contribution in [0.1, 0.15) is 54.9 Å². The molecule has 4 rings (SSSR count). The fourth-order valence-corrected chi connectivity index (χ4v) is 7.95. The van der Waals surface area contributed by atoms with E-state index in [0.29, 0.717) is 17.7 Å². The molecule has 1 aromatic rings. The Bertz CT molecular complexity index is 1080. The van der Waals surface area contributed by atoms with Crippen molar-refractivity contribution in [2.45, 2.75) is 63.8 Å². The number of fused-ring (bicyclic) bond motifs is 1. The lowest BCUT2D eigenvalue weighted by Crippen LogP contribution is -2.55. The molecule has 3 aliphatic rings. The molecule has 2 amide bonds. The summed E-state index contributed by atoms with van der Waals surface area (Å²) in [5.41, 5.74) is 1.45. The third-order valence-corrected chi connectivity index (χ3v) is 9.76. The molecule has 200 valence electrons. The van der Waals surface area contributed by atoms with Crippen LogP contribution >= 0.6 is 11.6 Å². The lowest BCUT2D eigenvalue weighted by Gasteiger charge is -2.40. The van der Waals surface area contributed by atoms with Gasteiger partial charge in [-0.2, -0.15) is 4.31 Å². The number of nitrogens with zero attached hydrogens (tertiary/aromatic N) is 2. The van der Waals surface area contributed by atoms with Crippen molar-refractivity contribution >= 4 is 39.1 Å². The van der Waals surface area contributed by atoms with Gasteiger partial charge in [0.2, 0.25) is 15.9 Å². The number of amides is 2. The fraction of sp³-hybridized carbons (Fsp3) is 0.667. The second-order valence-electron chi connectivity index (χ2n) is 10.1. The van der Waals surface area contributed by atoms with E-state index in [2.05, 4.69) is 15.5 Å². The summed E-state index contributed by atoms with van der Waals surface area (Å²) >= 11 is 6.25. The van der Waals surface area contributed by atoms with Gasteiger partial charge in [-0.1, -0.05) is 11.6 Å². The molecule has 3 N–H and O–H groups in total. The summed E-state index contributed by atoms with van der Waals surface area (Å²) < 4.78 is 42.5. The number of aliphatic hydroxyl groups is 1. The van der Waals surface area contributed by atoms with Crippen molar-refractivity contribution in [3.63, 3.8) is 0 Å². The maximum atomic E-state index is 15.2. The van der Waals surface area contributed by atoms with Gasteiger partial charge in [-0.05, 0) is 69.3 Å². The van der Waals surface area contributed by atoms with E-state index in [-0.39, 0.29) is 54.0 Å². The standard InChI is InChI=1S/C24H34ClFN4O5S/c1-15-9-18(27-24(33)19-10-17-11-23(32)28-21(17)13-20(19)25)12-22(26)30(15)36(34,35)14-16-3-6-29(7-4-16)5-2-8-31/h10,13,15-16,18,22,31H,2-9,11-12,14H2,1H3,(H,27,33)(H,28,32)/t15-,18+,22-/m0/s1. The first kappa shape index (κ1) is 27.3. The van der Waals surface area contributed by atoms with Gasteiger partial charge >= 0.3 is 0 Å². The van der Waals surface area contributed by atoms with Crippen molar-refractivity contribution in [2.24, 2.45) is 5.92 Å². The predicted octanol–water partition coefficient (Wildman–Crippen LogP) is 2.14. The molecule has 3 atom stereocenters. The Labute approximate surface area is 216 Å². The van der Waals surface area contributed by atoms with Gasteiger partial charge in [0.05, 0.1) is 22.8 Å². The molecular formula is C24H34ClFN4O5S. The number of alkyl halides is 1. The third-order valence-electron chi connectivity index (χ3n) is 7.32. The molecule has 0 unspecified atom stereocenters. The predicted molar refractivity (Wildman–Crippen MR) is 135 cm³/mol.